The summed E-state index contributed by atoms with van der Waals surface area (Å²) in [5.41, 5.74) is 1.93. The standard InChI is InChI=1S/C16H22BrNO/c1-3-18(13-7-5-4-6-8-13)16(19)14-11-12(2)9-10-15(14)17/h9-11,13H,3-8H2,1-2H3. The maximum Gasteiger partial charge on any atom is 0.255 e. The molecule has 0 atom stereocenters. The van der Waals surface area contributed by atoms with Crippen LogP contribution in [0.4, 0.5) is 0 Å². The Kier molecular flexibility index (Phi) is 5.03. The molecule has 19 heavy (non-hydrogen) atoms. The Morgan fingerprint density at radius 3 is 2.63 bits per heavy atom. The molecular weight excluding hydrogens is 302 g/mol. The van der Waals surface area contributed by atoms with E-state index >= 15 is 0 Å². The summed E-state index contributed by atoms with van der Waals surface area (Å²) in [5, 5.41) is 0. The largest absolute Gasteiger partial charge is 0.336 e. The molecule has 1 amide bonds. The molecule has 0 radical (unpaired) electrons. The minimum atomic E-state index is 0.171. The van der Waals surface area contributed by atoms with Gasteiger partial charge in [-0.1, -0.05) is 30.9 Å². The Morgan fingerprint density at radius 1 is 1.32 bits per heavy atom. The van der Waals surface area contributed by atoms with Gasteiger partial charge in [0.1, 0.15) is 0 Å². The van der Waals surface area contributed by atoms with Crippen molar-refractivity contribution in [3.63, 3.8) is 0 Å². The van der Waals surface area contributed by atoms with Gasteiger partial charge >= 0.3 is 0 Å². The molecule has 104 valence electrons. The number of rotatable bonds is 3. The van der Waals surface area contributed by atoms with Crippen LogP contribution in [-0.2, 0) is 0 Å². The summed E-state index contributed by atoms with van der Waals surface area (Å²) in [5.74, 6) is 0.171. The zero-order valence-electron chi connectivity index (χ0n) is 11.8. The van der Waals surface area contributed by atoms with Gasteiger partial charge in [-0.3, -0.25) is 4.79 Å². The number of amides is 1. The van der Waals surface area contributed by atoms with Gasteiger partial charge in [0.2, 0.25) is 0 Å². The number of hydrogen-bond acceptors (Lipinski definition) is 1. The van der Waals surface area contributed by atoms with Gasteiger partial charge in [0, 0.05) is 17.1 Å². The van der Waals surface area contributed by atoms with Crippen molar-refractivity contribution in [2.24, 2.45) is 0 Å². The van der Waals surface area contributed by atoms with Gasteiger partial charge < -0.3 is 4.90 Å². The molecule has 2 rings (SSSR count). The van der Waals surface area contributed by atoms with Gasteiger partial charge in [-0.05, 0) is 54.8 Å². The summed E-state index contributed by atoms with van der Waals surface area (Å²) < 4.78 is 0.900. The lowest BCUT2D eigenvalue weighted by Crippen LogP contribution is -2.41. The van der Waals surface area contributed by atoms with Crippen molar-refractivity contribution in [3.05, 3.63) is 33.8 Å². The highest BCUT2D eigenvalue weighted by molar-refractivity contribution is 9.10. The molecule has 2 nitrogen and oxygen atoms in total. The van der Waals surface area contributed by atoms with Crippen LogP contribution in [0.5, 0.6) is 0 Å². The van der Waals surface area contributed by atoms with Crippen LogP contribution < -0.4 is 0 Å². The summed E-state index contributed by atoms with van der Waals surface area (Å²) in [6.07, 6.45) is 6.13. The lowest BCUT2D eigenvalue weighted by Gasteiger charge is -2.34. The van der Waals surface area contributed by atoms with Crippen molar-refractivity contribution >= 4 is 21.8 Å². The third-order valence-electron chi connectivity index (χ3n) is 3.97. The number of aryl methyl sites for hydroxylation is 1. The average Bonchev–Trinajstić information content (AvgIpc) is 2.43. The molecule has 0 unspecified atom stereocenters. The third kappa shape index (κ3) is 3.38. The Morgan fingerprint density at radius 2 is 2.00 bits per heavy atom. The zero-order chi connectivity index (χ0) is 13.8. The quantitative estimate of drug-likeness (QED) is 0.798. The second-order valence-electron chi connectivity index (χ2n) is 5.37. The molecule has 0 saturated heterocycles. The Bertz CT molecular complexity index is 452. The van der Waals surface area contributed by atoms with E-state index in [9.17, 15) is 4.79 Å². The van der Waals surface area contributed by atoms with Crippen LogP contribution in [0, 0.1) is 6.92 Å². The Labute approximate surface area is 124 Å². The molecule has 1 aliphatic carbocycles. The first-order chi connectivity index (χ1) is 9.13. The normalized spacial score (nSPS) is 16.4. The van der Waals surface area contributed by atoms with Gasteiger partial charge in [0.05, 0.1) is 5.56 Å². The smallest absolute Gasteiger partial charge is 0.255 e. The van der Waals surface area contributed by atoms with Crippen molar-refractivity contribution in [1.82, 2.24) is 4.90 Å². The van der Waals surface area contributed by atoms with Gasteiger partial charge in [0.15, 0.2) is 0 Å². The van der Waals surface area contributed by atoms with Crippen LogP contribution in [0.2, 0.25) is 0 Å². The van der Waals surface area contributed by atoms with E-state index < -0.39 is 0 Å². The Balaban J connectivity index is 2.22. The fourth-order valence-electron chi connectivity index (χ4n) is 2.92. The van der Waals surface area contributed by atoms with E-state index in [1.807, 2.05) is 25.1 Å². The number of halogens is 1. The van der Waals surface area contributed by atoms with E-state index in [0.717, 1.165) is 35.0 Å². The third-order valence-corrected chi connectivity index (χ3v) is 4.66. The van der Waals surface area contributed by atoms with Crippen LogP contribution in [0.25, 0.3) is 0 Å². The molecule has 0 spiro atoms. The summed E-state index contributed by atoms with van der Waals surface area (Å²) in [6, 6.07) is 6.41. The molecule has 0 aromatic heterocycles. The highest BCUT2D eigenvalue weighted by Gasteiger charge is 2.26. The lowest BCUT2D eigenvalue weighted by atomic mass is 9.93. The van der Waals surface area contributed by atoms with Crippen molar-refractivity contribution in [3.8, 4) is 0 Å². The molecule has 1 aliphatic rings. The fourth-order valence-corrected chi connectivity index (χ4v) is 3.33. The van der Waals surface area contributed by atoms with Crippen molar-refractivity contribution < 1.29 is 4.79 Å². The molecule has 1 saturated carbocycles. The second-order valence-corrected chi connectivity index (χ2v) is 6.22. The number of nitrogens with zero attached hydrogens (tertiary/aromatic N) is 1. The average molecular weight is 324 g/mol. The van der Waals surface area contributed by atoms with Gasteiger partial charge in [0.25, 0.3) is 5.91 Å². The maximum atomic E-state index is 12.7. The molecule has 0 N–H and O–H groups in total. The fraction of sp³-hybridized carbons (Fsp3) is 0.562. The van der Waals surface area contributed by atoms with Crippen molar-refractivity contribution in [2.75, 3.05) is 6.54 Å². The monoisotopic (exact) mass is 323 g/mol. The lowest BCUT2D eigenvalue weighted by molar-refractivity contribution is 0.0647. The van der Waals surface area contributed by atoms with E-state index in [-0.39, 0.29) is 5.91 Å². The SMILES string of the molecule is CCN(C(=O)c1cc(C)ccc1Br)C1CCCCC1. The predicted octanol–water partition coefficient (Wildman–Crippen LogP) is 4.55. The summed E-state index contributed by atoms with van der Waals surface area (Å²) in [6.45, 7) is 4.90. The molecular formula is C16H22BrNO. The first-order valence-electron chi connectivity index (χ1n) is 7.20. The molecule has 1 aromatic rings. The number of hydrogen-bond donors (Lipinski definition) is 0. The van der Waals surface area contributed by atoms with E-state index in [4.69, 9.17) is 0 Å². The summed E-state index contributed by atoms with van der Waals surface area (Å²) >= 11 is 3.51. The molecule has 3 heteroatoms. The van der Waals surface area contributed by atoms with Gasteiger partial charge in [-0.25, -0.2) is 0 Å². The maximum absolute atomic E-state index is 12.7. The number of benzene rings is 1. The molecule has 1 fully saturated rings. The first-order valence-corrected chi connectivity index (χ1v) is 8.00. The van der Waals surface area contributed by atoms with E-state index in [1.165, 1.54) is 19.3 Å². The van der Waals surface area contributed by atoms with Crippen LogP contribution in [-0.4, -0.2) is 23.4 Å². The summed E-state index contributed by atoms with van der Waals surface area (Å²) in [7, 11) is 0. The first kappa shape index (κ1) is 14.6. The topological polar surface area (TPSA) is 20.3 Å². The number of carbonyl (C=O) groups is 1. The van der Waals surface area contributed by atoms with Crippen LogP contribution >= 0.6 is 15.9 Å². The Hall–Kier alpha value is -0.830. The van der Waals surface area contributed by atoms with Crippen molar-refractivity contribution in [1.29, 1.82) is 0 Å². The van der Waals surface area contributed by atoms with Gasteiger partial charge in [-0.15, -0.1) is 0 Å². The highest BCUT2D eigenvalue weighted by atomic mass is 79.9. The minimum Gasteiger partial charge on any atom is -0.336 e. The van der Waals surface area contributed by atoms with E-state index in [0.29, 0.717) is 6.04 Å². The minimum absolute atomic E-state index is 0.171. The van der Waals surface area contributed by atoms with Crippen LogP contribution in [0.3, 0.4) is 0 Å². The summed E-state index contributed by atoms with van der Waals surface area (Å²) in [4.78, 5) is 14.8. The predicted molar refractivity (Wildman–Crippen MR) is 82.5 cm³/mol. The molecule has 0 aliphatic heterocycles. The van der Waals surface area contributed by atoms with E-state index in [1.54, 1.807) is 0 Å². The zero-order valence-corrected chi connectivity index (χ0v) is 13.4. The molecule has 0 heterocycles. The second kappa shape index (κ2) is 6.56. The molecule has 0 bridgehead atoms. The highest BCUT2D eigenvalue weighted by Crippen LogP contribution is 2.26. The van der Waals surface area contributed by atoms with Crippen LogP contribution in [0.15, 0.2) is 22.7 Å². The van der Waals surface area contributed by atoms with Gasteiger partial charge in [-0.2, -0.15) is 0 Å². The van der Waals surface area contributed by atoms with Crippen LogP contribution in [0.1, 0.15) is 54.9 Å². The van der Waals surface area contributed by atoms with E-state index in [2.05, 4.69) is 27.8 Å². The van der Waals surface area contributed by atoms with Crippen molar-refractivity contribution in [2.45, 2.75) is 52.0 Å². The number of carbonyl (C=O) groups excluding carboxylic acids is 1. The molecule has 1 aromatic carbocycles.